The summed E-state index contributed by atoms with van der Waals surface area (Å²) in [7, 11) is -3.96. The van der Waals surface area contributed by atoms with Crippen LogP contribution in [0, 0.1) is 10.1 Å². The monoisotopic (exact) mass is 326 g/mol. The maximum absolute atomic E-state index is 11.4. The zero-order valence-electron chi connectivity index (χ0n) is 11.9. The van der Waals surface area contributed by atoms with E-state index in [0.717, 1.165) is 38.4 Å². The number of hydrogen-bond donors (Lipinski definition) is 2. The third-order valence-corrected chi connectivity index (χ3v) is 5.03. The molecule has 0 bridgehead atoms. The van der Waals surface area contributed by atoms with Crippen molar-refractivity contribution in [2.75, 3.05) is 18.0 Å². The smallest absolute Gasteiger partial charge is 0.293 e. The Kier molecular flexibility index (Phi) is 3.79. The maximum atomic E-state index is 11.4. The Balaban J connectivity index is 2.06. The van der Waals surface area contributed by atoms with Gasteiger partial charge in [-0.1, -0.05) is 0 Å². The fourth-order valence-electron chi connectivity index (χ4n) is 2.97. The topological polar surface area (TPSA) is 119 Å². The molecule has 120 valence electrons. The normalized spacial score (nSPS) is 21.8. The highest BCUT2D eigenvalue weighted by atomic mass is 32.2. The van der Waals surface area contributed by atoms with Gasteiger partial charge in [-0.05, 0) is 37.9 Å². The lowest BCUT2D eigenvalue weighted by Gasteiger charge is -2.30. The van der Waals surface area contributed by atoms with Gasteiger partial charge in [0.15, 0.2) is 0 Å². The van der Waals surface area contributed by atoms with E-state index in [-0.39, 0.29) is 16.6 Å². The minimum Gasteiger partial charge on any atom is -0.359 e. The summed E-state index contributed by atoms with van der Waals surface area (Å²) in [5, 5.41) is 19.7. The summed E-state index contributed by atoms with van der Waals surface area (Å²) in [6.07, 6.45) is 2.93. The molecule has 2 fully saturated rings. The molecule has 1 saturated heterocycles. The van der Waals surface area contributed by atoms with Crippen LogP contribution in [0.15, 0.2) is 23.1 Å². The van der Waals surface area contributed by atoms with Crippen molar-refractivity contribution in [1.82, 2.24) is 5.32 Å². The summed E-state index contributed by atoms with van der Waals surface area (Å²) in [5.41, 5.74) is 0.277. The van der Waals surface area contributed by atoms with Crippen LogP contribution >= 0.6 is 0 Å². The van der Waals surface area contributed by atoms with Gasteiger partial charge >= 0.3 is 0 Å². The molecule has 3 N–H and O–H groups in total. The summed E-state index contributed by atoms with van der Waals surface area (Å²) >= 11 is 0. The Bertz CT molecular complexity index is 696. The van der Waals surface area contributed by atoms with Gasteiger partial charge in [-0.15, -0.1) is 0 Å². The quantitative estimate of drug-likeness (QED) is 0.603. The van der Waals surface area contributed by atoms with Crippen molar-refractivity contribution >= 4 is 21.4 Å². The van der Waals surface area contributed by atoms with Crippen molar-refractivity contribution in [3.63, 3.8) is 0 Å². The molecule has 1 aliphatic heterocycles. The molecule has 1 aliphatic carbocycles. The van der Waals surface area contributed by atoms with E-state index in [1.54, 1.807) is 0 Å². The average molecular weight is 326 g/mol. The Labute approximate surface area is 128 Å². The number of nitrogens with one attached hydrogen (secondary N) is 1. The number of nitro groups is 1. The molecule has 1 aromatic carbocycles. The van der Waals surface area contributed by atoms with E-state index in [9.17, 15) is 18.5 Å². The fraction of sp³-hybridized carbons (Fsp3) is 0.538. The number of anilines is 1. The van der Waals surface area contributed by atoms with Gasteiger partial charge in [0, 0.05) is 24.7 Å². The first kappa shape index (κ1) is 15.2. The average Bonchev–Trinajstić information content (AvgIpc) is 3.12. The van der Waals surface area contributed by atoms with E-state index in [4.69, 9.17) is 5.14 Å². The molecule has 22 heavy (non-hydrogen) atoms. The molecule has 0 unspecified atom stereocenters. The first-order valence-electron chi connectivity index (χ1n) is 7.18. The van der Waals surface area contributed by atoms with Gasteiger partial charge in [0.25, 0.3) is 5.69 Å². The van der Waals surface area contributed by atoms with Crippen LogP contribution in [0.25, 0.3) is 0 Å². The van der Waals surface area contributed by atoms with Gasteiger partial charge in [-0.3, -0.25) is 10.1 Å². The van der Waals surface area contributed by atoms with E-state index in [1.165, 1.54) is 12.1 Å². The minimum absolute atomic E-state index is 0.200. The lowest BCUT2D eigenvalue weighted by atomic mass is 10.1. The molecule has 9 heteroatoms. The molecule has 0 amide bonds. The standard InChI is InChI=1S/C13H18N4O4S/c14-22(20,21)11-3-4-12(13(7-11)17(18)19)16(9-1-2-9)10-5-6-15-8-10/h3-4,7,9-10,15H,1-2,5-6,8H2,(H2,14,20,21)/t10-/m1/s1. The van der Waals surface area contributed by atoms with Crippen molar-refractivity contribution < 1.29 is 13.3 Å². The summed E-state index contributed by atoms with van der Waals surface area (Å²) in [5.74, 6) is 0. The number of rotatable bonds is 5. The first-order chi connectivity index (χ1) is 10.4. The van der Waals surface area contributed by atoms with Gasteiger partial charge in [0.2, 0.25) is 10.0 Å². The van der Waals surface area contributed by atoms with Crippen LogP contribution in [0.3, 0.4) is 0 Å². The molecule has 0 radical (unpaired) electrons. The molecule has 0 aromatic heterocycles. The van der Waals surface area contributed by atoms with E-state index >= 15 is 0 Å². The lowest BCUT2D eigenvalue weighted by molar-refractivity contribution is -0.384. The third kappa shape index (κ3) is 2.92. The number of sulfonamides is 1. The van der Waals surface area contributed by atoms with E-state index in [1.807, 2.05) is 0 Å². The summed E-state index contributed by atoms with van der Waals surface area (Å²) in [6, 6.07) is 4.40. The summed E-state index contributed by atoms with van der Waals surface area (Å²) < 4.78 is 22.8. The third-order valence-electron chi connectivity index (χ3n) is 4.12. The van der Waals surface area contributed by atoms with Gasteiger partial charge in [-0.25, -0.2) is 13.6 Å². The summed E-state index contributed by atoms with van der Waals surface area (Å²) in [6.45, 7) is 1.67. The minimum atomic E-state index is -3.96. The van der Waals surface area contributed by atoms with Crippen LogP contribution in [0.2, 0.25) is 0 Å². The van der Waals surface area contributed by atoms with Gasteiger partial charge < -0.3 is 10.2 Å². The van der Waals surface area contributed by atoms with E-state index in [0.29, 0.717) is 11.7 Å². The van der Waals surface area contributed by atoms with Crippen molar-refractivity contribution in [2.45, 2.75) is 36.2 Å². The second kappa shape index (κ2) is 5.49. The Morgan fingerprint density at radius 3 is 2.50 bits per heavy atom. The molecule has 3 rings (SSSR count). The highest BCUT2D eigenvalue weighted by Gasteiger charge is 2.38. The van der Waals surface area contributed by atoms with Crippen LogP contribution in [0.4, 0.5) is 11.4 Å². The van der Waals surface area contributed by atoms with Crippen LogP contribution < -0.4 is 15.4 Å². The van der Waals surface area contributed by atoms with Crippen LogP contribution in [0.5, 0.6) is 0 Å². The van der Waals surface area contributed by atoms with Crippen molar-refractivity contribution in [3.8, 4) is 0 Å². The van der Waals surface area contributed by atoms with Gasteiger partial charge in [0.05, 0.1) is 9.82 Å². The SMILES string of the molecule is NS(=O)(=O)c1ccc(N(C2CC2)[C@@H]2CCNC2)c([N+](=O)[O-])c1. The predicted octanol–water partition coefficient (Wildman–Crippen LogP) is 0.573. The highest BCUT2D eigenvalue weighted by molar-refractivity contribution is 7.89. The van der Waals surface area contributed by atoms with Crippen LogP contribution in [-0.2, 0) is 10.0 Å². The number of hydrogen-bond acceptors (Lipinski definition) is 6. The number of nitro benzene ring substituents is 1. The predicted molar refractivity (Wildman–Crippen MR) is 81.2 cm³/mol. The molecule has 1 heterocycles. The van der Waals surface area contributed by atoms with Crippen molar-refractivity contribution in [2.24, 2.45) is 5.14 Å². The molecule has 1 aromatic rings. The molecular weight excluding hydrogens is 308 g/mol. The Hall–Kier alpha value is -1.71. The fourth-order valence-corrected chi connectivity index (χ4v) is 3.50. The second-order valence-electron chi connectivity index (χ2n) is 5.74. The van der Waals surface area contributed by atoms with E-state index in [2.05, 4.69) is 10.2 Å². The lowest BCUT2D eigenvalue weighted by Crippen LogP contribution is -2.39. The zero-order chi connectivity index (χ0) is 15.9. The van der Waals surface area contributed by atoms with E-state index < -0.39 is 14.9 Å². The maximum Gasteiger partial charge on any atom is 0.293 e. The molecular formula is C13H18N4O4S. The molecule has 0 spiro atoms. The molecule has 1 atom stereocenters. The number of nitrogens with two attached hydrogens (primary N) is 1. The number of benzene rings is 1. The molecule has 8 nitrogen and oxygen atoms in total. The highest BCUT2D eigenvalue weighted by Crippen LogP contribution is 2.40. The van der Waals surface area contributed by atoms with Gasteiger partial charge in [-0.2, -0.15) is 0 Å². The Morgan fingerprint density at radius 1 is 1.27 bits per heavy atom. The largest absolute Gasteiger partial charge is 0.359 e. The number of nitrogens with zero attached hydrogens (tertiary/aromatic N) is 2. The first-order valence-corrected chi connectivity index (χ1v) is 8.73. The van der Waals surface area contributed by atoms with Crippen molar-refractivity contribution in [1.29, 1.82) is 0 Å². The van der Waals surface area contributed by atoms with Gasteiger partial charge in [0.1, 0.15) is 5.69 Å². The zero-order valence-corrected chi connectivity index (χ0v) is 12.8. The summed E-state index contributed by atoms with van der Waals surface area (Å²) in [4.78, 5) is 12.7. The Morgan fingerprint density at radius 2 is 2.00 bits per heavy atom. The molecule has 1 saturated carbocycles. The van der Waals surface area contributed by atoms with Crippen LogP contribution in [0.1, 0.15) is 19.3 Å². The molecule has 2 aliphatic rings. The second-order valence-corrected chi connectivity index (χ2v) is 7.30. The van der Waals surface area contributed by atoms with Crippen molar-refractivity contribution in [3.05, 3.63) is 28.3 Å². The van der Waals surface area contributed by atoms with Crippen LogP contribution in [-0.4, -0.2) is 38.5 Å². The number of primary sulfonamides is 1.